The van der Waals surface area contributed by atoms with Crippen molar-refractivity contribution in [2.45, 2.75) is 29.9 Å². The number of aryl methyl sites for hydroxylation is 1. The van der Waals surface area contributed by atoms with Crippen molar-refractivity contribution in [2.24, 2.45) is 0 Å². The lowest BCUT2D eigenvalue weighted by atomic mass is 10.1. The van der Waals surface area contributed by atoms with Gasteiger partial charge in [0, 0.05) is 29.1 Å². The number of piperidine rings is 1. The monoisotopic (exact) mass is 518 g/mol. The Morgan fingerprint density at radius 1 is 1.06 bits per heavy atom. The van der Waals surface area contributed by atoms with Gasteiger partial charge in [-0.25, -0.2) is 17.8 Å². The Morgan fingerprint density at radius 3 is 2.45 bits per heavy atom. The molecule has 0 radical (unpaired) electrons. The van der Waals surface area contributed by atoms with Crippen LogP contribution in [0.5, 0.6) is 0 Å². The summed E-state index contributed by atoms with van der Waals surface area (Å²) in [6, 6.07) is 7.62. The van der Waals surface area contributed by atoms with E-state index in [0.29, 0.717) is 47.8 Å². The third-order valence-electron chi connectivity index (χ3n) is 5.38. The largest absolute Gasteiger partial charge is 0.348 e. The average Bonchev–Trinajstić information content (AvgIpc) is 3.23. The van der Waals surface area contributed by atoms with Gasteiger partial charge in [0.25, 0.3) is 0 Å². The van der Waals surface area contributed by atoms with Crippen LogP contribution in [0.1, 0.15) is 18.4 Å². The van der Waals surface area contributed by atoms with E-state index in [-0.39, 0.29) is 14.9 Å². The first-order chi connectivity index (χ1) is 14.7. The van der Waals surface area contributed by atoms with E-state index in [4.69, 9.17) is 34.8 Å². The molecule has 2 aromatic carbocycles. The summed E-state index contributed by atoms with van der Waals surface area (Å²) in [4.78, 5) is 6.80. The first-order valence-electron chi connectivity index (χ1n) is 9.52. The molecule has 0 unspecified atom stereocenters. The fourth-order valence-electron chi connectivity index (χ4n) is 3.58. The number of nitrogens with zero attached hydrogens (tertiary/aromatic N) is 2. The fraction of sp³-hybridized carbons (Fsp3) is 0.286. The maximum absolute atomic E-state index is 13.8. The summed E-state index contributed by atoms with van der Waals surface area (Å²) in [6.45, 7) is 2.86. The highest BCUT2D eigenvalue weighted by Gasteiger charge is 2.33. The number of hydrogen-bond acceptors (Lipinski definition) is 5. The molecule has 0 atom stereocenters. The summed E-state index contributed by atoms with van der Waals surface area (Å²) < 4.78 is 40.1. The van der Waals surface area contributed by atoms with Crippen LogP contribution in [0, 0.1) is 12.7 Å². The molecular weight excluding hydrogens is 502 g/mol. The zero-order valence-corrected chi connectivity index (χ0v) is 20.3. The second-order valence-electron chi connectivity index (χ2n) is 7.41. The van der Waals surface area contributed by atoms with E-state index < -0.39 is 20.9 Å². The second-order valence-corrected chi connectivity index (χ2v) is 11.7. The van der Waals surface area contributed by atoms with Crippen molar-refractivity contribution in [3.05, 3.63) is 62.2 Å². The summed E-state index contributed by atoms with van der Waals surface area (Å²) in [6.07, 6.45) is 0.926. The van der Waals surface area contributed by atoms with Crippen LogP contribution in [0.3, 0.4) is 0 Å². The molecule has 4 rings (SSSR count). The van der Waals surface area contributed by atoms with Crippen molar-refractivity contribution >= 4 is 61.1 Å². The molecule has 164 valence electrons. The molecule has 1 aliphatic rings. The molecule has 0 amide bonds. The van der Waals surface area contributed by atoms with Crippen LogP contribution in [0.15, 0.2) is 40.6 Å². The van der Waals surface area contributed by atoms with Gasteiger partial charge in [-0.15, -0.1) is 11.3 Å². The van der Waals surface area contributed by atoms with Crippen molar-refractivity contribution in [3.8, 4) is 11.3 Å². The van der Waals surface area contributed by atoms with Gasteiger partial charge >= 0.3 is 0 Å². The lowest BCUT2D eigenvalue weighted by molar-refractivity contribution is 0.529. The summed E-state index contributed by atoms with van der Waals surface area (Å²) in [7, 11) is -3.57. The third-order valence-corrected chi connectivity index (χ3v) is 9.72. The molecule has 10 heteroatoms. The molecule has 1 aromatic heterocycles. The van der Waals surface area contributed by atoms with E-state index in [1.54, 1.807) is 19.1 Å². The number of rotatable bonds is 4. The van der Waals surface area contributed by atoms with E-state index in [1.165, 1.54) is 29.5 Å². The van der Waals surface area contributed by atoms with Crippen LogP contribution in [0.2, 0.25) is 15.1 Å². The predicted molar refractivity (Wildman–Crippen MR) is 126 cm³/mol. The van der Waals surface area contributed by atoms with Crippen LogP contribution in [-0.4, -0.2) is 31.7 Å². The molecule has 1 saturated heterocycles. The van der Waals surface area contributed by atoms with E-state index in [0.717, 1.165) is 5.13 Å². The van der Waals surface area contributed by atoms with E-state index in [2.05, 4.69) is 9.88 Å². The Morgan fingerprint density at radius 2 is 1.77 bits per heavy atom. The maximum atomic E-state index is 13.8. The molecule has 0 N–H and O–H groups in total. The molecule has 31 heavy (non-hydrogen) atoms. The normalized spacial score (nSPS) is 15.5. The van der Waals surface area contributed by atoms with Crippen LogP contribution >= 0.6 is 46.1 Å². The van der Waals surface area contributed by atoms with Crippen molar-refractivity contribution < 1.29 is 12.8 Å². The highest BCUT2D eigenvalue weighted by molar-refractivity contribution is 7.92. The van der Waals surface area contributed by atoms with Crippen molar-refractivity contribution in [3.63, 3.8) is 0 Å². The molecule has 1 fully saturated rings. The molecule has 1 aliphatic heterocycles. The van der Waals surface area contributed by atoms with Crippen molar-refractivity contribution in [1.29, 1.82) is 0 Å². The number of thiazole rings is 1. The minimum Gasteiger partial charge on any atom is -0.348 e. The Labute approximate surface area is 199 Å². The predicted octanol–water partition coefficient (Wildman–Crippen LogP) is 6.66. The van der Waals surface area contributed by atoms with Gasteiger partial charge in [-0.1, -0.05) is 40.9 Å². The number of anilines is 1. The standard InChI is InChI=1S/C21H18Cl3FN2O2S2/c1-12-8-20(17(24)10-16(12)23)31(28,29)14-4-6-27(7-5-14)21-26-19(11-30-21)13-2-3-15(22)18(25)9-13/h2-3,8-11,14H,4-7H2,1H3. The van der Waals surface area contributed by atoms with Gasteiger partial charge in [0.1, 0.15) is 5.82 Å². The van der Waals surface area contributed by atoms with Crippen molar-refractivity contribution in [2.75, 3.05) is 18.0 Å². The van der Waals surface area contributed by atoms with Crippen LogP contribution in [0.25, 0.3) is 11.3 Å². The lowest BCUT2D eigenvalue weighted by Gasteiger charge is -2.31. The van der Waals surface area contributed by atoms with Crippen LogP contribution in [0.4, 0.5) is 9.52 Å². The quantitative estimate of drug-likeness (QED) is 0.387. The molecule has 0 bridgehead atoms. The molecule has 2 heterocycles. The number of benzene rings is 2. The van der Waals surface area contributed by atoms with Gasteiger partial charge in [0.2, 0.25) is 0 Å². The Bertz CT molecular complexity index is 1240. The molecule has 0 aliphatic carbocycles. The highest BCUT2D eigenvalue weighted by Crippen LogP contribution is 2.35. The highest BCUT2D eigenvalue weighted by atomic mass is 35.5. The SMILES string of the molecule is Cc1cc(S(=O)(=O)C2CCN(c3nc(-c4ccc(Cl)c(F)c4)cs3)CC2)c(Cl)cc1Cl. The second kappa shape index (κ2) is 8.87. The molecule has 0 saturated carbocycles. The van der Waals surface area contributed by atoms with Gasteiger partial charge in [-0.2, -0.15) is 0 Å². The van der Waals surface area contributed by atoms with Crippen LogP contribution in [-0.2, 0) is 9.84 Å². The molecule has 3 aromatic rings. The zero-order chi connectivity index (χ0) is 22.3. The van der Waals surface area contributed by atoms with E-state index in [1.807, 2.05) is 5.38 Å². The minimum atomic E-state index is -3.57. The topological polar surface area (TPSA) is 50.3 Å². The maximum Gasteiger partial charge on any atom is 0.185 e. The number of aromatic nitrogens is 1. The number of hydrogen-bond donors (Lipinski definition) is 0. The zero-order valence-electron chi connectivity index (χ0n) is 16.4. The van der Waals surface area contributed by atoms with Gasteiger partial charge in [0.15, 0.2) is 15.0 Å². The van der Waals surface area contributed by atoms with E-state index in [9.17, 15) is 12.8 Å². The average molecular weight is 520 g/mol. The minimum absolute atomic E-state index is 0.0680. The summed E-state index contributed by atoms with van der Waals surface area (Å²) in [5.74, 6) is -0.490. The fourth-order valence-corrected chi connectivity index (χ4v) is 7.16. The Kier molecular flexibility index (Phi) is 6.52. The first kappa shape index (κ1) is 22.8. The number of sulfone groups is 1. The Balaban J connectivity index is 1.48. The Hall–Kier alpha value is -1.38. The van der Waals surface area contributed by atoms with E-state index >= 15 is 0 Å². The van der Waals surface area contributed by atoms with Gasteiger partial charge in [-0.05, 0) is 49.6 Å². The summed E-state index contributed by atoms with van der Waals surface area (Å²) in [5.41, 5.74) is 1.99. The lowest BCUT2D eigenvalue weighted by Crippen LogP contribution is -2.39. The number of halogens is 4. The third kappa shape index (κ3) is 4.57. The van der Waals surface area contributed by atoms with Crippen LogP contribution < -0.4 is 4.90 Å². The molecule has 4 nitrogen and oxygen atoms in total. The molecule has 0 spiro atoms. The first-order valence-corrected chi connectivity index (χ1v) is 13.1. The molecular formula is C21H18Cl3FN2O2S2. The smallest absolute Gasteiger partial charge is 0.185 e. The summed E-state index contributed by atoms with van der Waals surface area (Å²) >= 11 is 19.4. The van der Waals surface area contributed by atoms with Crippen molar-refractivity contribution in [1.82, 2.24) is 4.98 Å². The van der Waals surface area contributed by atoms with Gasteiger partial charge in [-0.3, -0.25) is 0 Å². The van der Waals surface area contributed by atoms with Gasteiger partial charge < -0.3 is 4.90 Å². The van der Waals surface area contributed by atoms with Gasteiger partial charge in [0.05, 0.1) is 25.9 Å². The summed E-state index contributed by atoms with van der Waals surface area (Å²) in [5, 5.41) is 2.78.